The molecule has 0 saturated carbocycles. The van der Waals surface area contributed by atoms with Crippen LogP contribution in [0.15, 0.2) is 57.3 Å². The van der Waals surface area contributed by atoms with Crippen molar-refractivity contribution in [3.63, 3.8) is 0 Å². The molecule has 2 nitrogen and oxygen atoms in total. The summed E-state index contributed by atoms with van der Waals surface area (Å²) in [5.41, 5.74) is 4.36. The van der Waals surface area contributed by atoms with Crippen molar-refractivity contribution in [2.45, 2.75) is 13.8 Å². The molecule has 2 aromatic rings. The summed E-state index contributed by atoms with van der Waals surface area (Å²) < 4.78 is 8.63. The number of nitrogens with zero attached hydrogens (tertiary/aromatic N) is 2. The number of hydrogen-bond acceptors (Lipinski definition) is 2. The highest BCUT2D eigenvalue weighted by Gasteiger charge is 1.88. The zero-order valence-corrected chi connectivity index (χ0v) is 10.7. The second-order valence-corrected chi connectivity index (χ2v) is 4.46. The van der Waals surface area contributed by atoms with E-state index in [0.29, 0.717) is 0 Å². The maximum absolute atomic E-state index is 4.32. The molecule has 0 N–H and O–H groups in total. The van der Waals surface area contributed by atoms with Crippen LogP contribution >= 0.6 is 0 Å². The third-order valence-electron chi connectivity index (χ3n) is 2.36. The van der Waals surface area contributed by atoms with Crippen molar-refractivity contribution in [3.8, 4) is 0 Å². The maximum Gasteiger partial charge on any atom is 0.0775 e. The molecule has 0 aliphatic heterocycles. The zero-order valence-electron chi connectivity index (χ0n) is 9.92. The van der Waals surface area contributed by atoms with Crippen LogP contribution in [0.1, 0.15) is 11.1 Å². The Kier molecular flexibility index (Phi) is 3.83. The van der Waals surface area contributed by atoms with Gasteiger partial charge in [-0.05, 0) is 38.1 Å². The van der Waals surface area contributed by atoms with Gasteiger partial charge in [0.15, 0.2) is 0 Å². The van der Waals surface area contributed by atoms with Gasteiger partial charge < -0.3 is 0 Å². The molecule has 0 spiro atoms. The van der Waals surface area contributed by atoms with Crippen LogP contribution in [-0.2, 0) is 11.4 Å². The van der Waals surface area contributed by atoms with E-state index in [2.05, 4.69) is 22.6 Å². The van der Waals surface area contributed by atoms with Gasteiger partial charge in [-0.2, -0.15) is 8.73 Å². The minimum absolute atomic E-state index is 0.941. The fraction of sp³-hybridized carbons (Fsp3) is 0.143. The number of rotatable bonds is 2. The first-order valence-electron chi connectivity index (χ1n) is 5.46. The lowest BCUT2D eigenvalue weighted by atomic mass is 10.2. The molecule has 0 heterocycles. The summed E-state index contributed by atoms with van der Waals surface area (Å²) in [7, 11) is 0. The van der Waals surface area contributed by atoms with Crippen LogP contribution in [0.2, 0.25) is 0 Å². The Morgan fingerprint density at radius 3 is 1.35 bits per heavy atom. The summed E-state index contributed by atoms with van der Waals surface area (Å²) >= 11 is 1.22. The van der Waals surface area contributed by atoms with Crippen molar-refractivity contribution >= 4 is 22.7 Å². The van der Waals surface area contributed by atoms with Gasteiger partial charge in [-0.15, -0.1) is 0 Å². The van der Waals surface area contributed by atoms with E-state index in [0.717, 1.165) is 11.4 Å². The summed E-state index contributed by atoms with van der Waals surface area (Å²) in [5, 5.41) is 0. The van der Waals surface area contributed by atoms with Gasteiger partial charge >= 0.3 is 0 Å². The lowest BCUT2D eigenvalue weighted by Gasteiger charge is -1.92. The SMILES string of the molecule is Cc1ccc(N=S=Nc2ccc(C)cc2)cc1. The Morgan fingerprint density at radius 1 is 0.647 bits per heavy atom. The van der Waals surface area contributed by atoms with E-state index < -0.39 is 0 Å². The van der Waals surface area contributed by atoms with Crippen LogP contribution in [0.3, 0.4) is 0 Å². The molecule has 0 aliphatic rings. The van der Waals surface area contributed by atoms with Crippen molar-refractivity contribution in [3.05, 3.63) is 59.7 Å². The van der Waals surface area contributed by atoms with Gasteiger partial charge in [0.25, 0.3) is 0 Å². The van der Waals surface area contributed by atoms with Crippen LogP contribution in [-0.4, -0.2) is 0 Å². The molecule has 0 aliphatic carbocycles. The molecule has 17 heavy (non-hydrogen) atoms. The maximum atomic E-state index is 4.32. The Hall–Kier alpha value is -1.74. The van der Waals surface area contributed by atoms with Crippen LogP contribution in [0.5, 0.6) is 0 Å². The highest BCUT2D eigenvalue weighted by Crippen LogP contribution is 2.14. The summed E-state index contributed by atoms with van der Waals surface area (Å²) in [6, 6.07) is 16.2. The molecular formula is C14H14N2S. The lowest BCUT2D eigenvalue weighted by Crippen LogP contribution is -1.68. The third-order valence-corrected chi connectivity index (χ3v) is 2.95. The van der Waals surface area contributed by atoms with Crippen molar-refractivity contribution in [1.29, 1.82) is 0 Å². The van der Waals surface area contributed by atoms with E-state index in [1.807, 2.05) is 48.5 Å². The highest BCUT2D eigenvalue weighted by molar-refractivity contribution is 7.57. The highest BCUT2D eigenvalue weighted by atomic mass is 32.1. The van der Waals surface area contributed by atoms with Crippen LogP contribution in [0, 0.1) is 13.8 Å². The van der Waals surface area contributed by atoms with Gasteiger partial charge in [0.2, 0.25) is 0 Å². The quantitative estimate of drug-likeness (QED) is 0.728. The summed E-state index contributed by atoms with van der Waals surface area (Å²) in [6.45, 7) is 4.13. The minimum Gasteiger partial charge on any atom is -0.175 e. The second kappa shape index (κ2) is 5.55. The van der Waals surface area contributed by atoms with Crippen LogP contribution in [0.4, 0.5) is 11.4 Å². The largest absolute Gasteiger partial charge is 0.175 e. The van der Waals surface area contributed by atoms with Gasteiger partial charge in [-0.3, -0.25) is 0 Å². The molecule has 0 unspecified atom stereocenters. The molecule has 0 fully saturated rings. The molecule has 0 radical (unpaired) electrons. The van der Waals surface area contributed by atoms with E-state index in [9.17, 15) is 0 Å². The smallest absolute Gasteiger partial charge is 0.0775 e. The average Bonchev–Trinajstić information content (AvgIpc) is 2.34. The fourth-order valence-corrected chi connectivity index (χ4v) is 1.80. The van der Waals surface area contributed by atoms with Gasteiger partial charge in [0, 0.05) is 0 Å². The van der Waals surface area contributed by atoms with E-state index in [4.69, 9.17) is 0 Å². The Balaban J connectivity index is 2.14. The first-order valence-corrected chi connectivity index (χ1v) is 6.19. The van der Waals surface area contributed by atoms with Gasteiger partial charge in [-0.25, -0.2) is 0 Å². The van der Waals surface area contributed by atoms with Gasteiger partial charge in [-0.1, -0.05) is 35.4 Å². The zero-order chi connectivity index (χ0) is 12.1. The Bertz CT molecular complexity index is 500. The molecular weight excluding hydrogens is 228 g/mol. The third kappa shape index (κ3) is 3.64. The summed E-state index contributed by atoms with van der Waals surface area (Å²) in [5.74, 6) is 0. The number of benzene rings is 2. The van der Waals surface area contributed by atoms with Crippen molar-refractivity contribution in [2.24, 2.45) is 8.73 Å². The molecule has 0 amide bonds. The first-order chi connectivity index (χ1) is 8.24. The van der Waals surface area contributed by atoms with E-state index in [1.54, 1.807) is 0 Å². The molecule has 3 heteroatoms. The summed E-state index contributed by atoms with van der Waals surface area (Å²) in [6.07, 6.45) is 0. The van der Waals surface area contributed by atoms with E-state index in [-0.39, 0.29) is 0 Å². The topological polar surface area (TPSA) is 24.7 Å². The standard InChI is InChI=1S/C14H14N2S/c1-11-3-7-13(8-4-11)15-17-16-14-9-5-12(2)6-10-14/h3-10H,1-2H3. The summed E-state index contributed by atoms with van der Waals surface area (Å²) in [4.78, 5) is 0. The lowest BCUT2D eigenvalue weighted by molar-refractivity contribution is 1.44. The fourth-order valence-electron chi connectivity index (χ4n) is 1.33. The van der Waals surface area contributed by atoms with Gasteiger partial charge in [0.05, 0.1) is 22.7 Å². The van der Waals surface area contributed by atoms with Crippen molar-refractivity contribution in [2.75, 3.05) is 0 Å². The predicted molar refractivity (Wildman–Crippen MR) is 73.9 cm³/mol. The van der Waals surface area contributed by atoms with Crippen LogP contribution < -0.4 is 0 Å². The normalized spacial score (nSPS) is 9.76. The molecule has 2 rings (SSSR count). The number of aryl methyl sites for hydroxylation is 2. The van der Waals surface area contributed by atoms with Crippen molar-refractivity contribution in [1.82, 2.24) is 0 Å². The minimum atomic E-state index is 0.941. The molecule has 0 bridgehead atoms. The molecule has 86 valence electrons. The molecule has 2 aromatic carbocycles. The van der Waals surface area contributed by atoms with Crippen molar-refractivity contribution < 1.29 is 0 Å². The Labute approximate surface area is 105 Å². The Morgan fingerprint density at radius 2 is 1.00 bits per heavy atom. The molecule has 0 saturated heterocycles. The molecule has 0 aromatic heterocycles. The average molecular weight is 242 g/mol. The van der Waals surface area contributed by atoms with Gasteiger partial charge in [0.1, 0.15) is 0 Å². The van der Waals surface area contributed by atoms with E-state index in [1.165, 1.54) is 22.5 Å². The molecule has 0 atom stereocenters. The second-order valence-electron chi connectivity index (χ2n) is 3.94. The predicted octanol–water partition coefficient (Wildman–Crippen LogP) is 4.72. The monoisotopic (exact) mass is 242 g/mol. The van der Waals surface area contributed by atoms with Crippen LogP contribution in [0.25, 0.3) is 0 Å². The first kappa shape index (κ1) is 11.7. The number of hydrogen-bond donors (Lipinski definition) is 0. The van der Waals surface area contributed by atoms with E-state index >= 15 is 0 Å².